The van der Waals surface area contributed by atoms with Crippen LogP contribution in [-0.2, 0) is 0 Å². The largest absolute Gasteiger partial charge is 0.389 e. The van der Waals surface area contributed by atoms with Crippen LogP contribution in [0.2, 0.25) is 0 Å². The van der Waals surface area contributed by atoms with Crippen LogP contribution in [0.4, 0.5) is 0 Å². The van der Waals surface area contributed by atoms with Crippen molar-refractivity contribution in [3.05, 3.63) is 34.5 Å². The molecule has 0 aliphatic carbocycles. The van der Waals surface area contributed by atoms with Gasteiger partial charge in [-0.2, -0.15) is 0 Å². The summed E-state index contributed by atoms with van der Waals surface area (Å²) in [5.41, 5.74) is 5.31. The highest BCUT2D eigenvalue weighted by Crippen LogP contribution is 2.05. The molecule has 0 radical (unpaired) electrons. The summed E-state index contributed by atoms with van der Waals surface area (Å²) in [7, 11) is 0. The first kappa shape index (κ1) is 9.84. The van der Waals surface area contributed by atoms with E-state index < -0.39 is 0 Å². The van der Waals surface area contributed by atoms with Crippen molar-refractivity contribution in [2.75, 3.05) is 0 Å². The molecule has 0 aromatic rings. The molecule has 2 N–H and O–H groups in total. The van der Waals surface area contributed by atoms with Crippen LogP contribution in [0.1, 0.15) is 0 Å². The van der Waals surface area contributed by atoms with Gasteiger partial charge in [-0.3, -0.25) is 0 Å². The van der Waals surface area contributed by atoms with E-state index in [0.717, 1.165) is 3.58 Å². The lowest BCUT2D eigenvalue weighted by atomic mass is 10.4. The van der Waals surface area contributed by atoms with Crippen molar-refractivity contribution < 1.29 is 0 Å². The molecular weight excluding hydrogens is 257 g/mol. The average Bonchev–Trinajstić information content (AvgIpc) is 1.88. The second-order valence-electron chi connectivity index (χ2n) is 1.50. The Labute approximate surface area is 79.8 Å². The third-order valence-electron chi connectivity index (χ3n) is 0.725. The highest BCUT2D eigenvalue weighted by molar-refractivity contribution is 14.1. The van der Waals surface area contributed by atoms with Gasteiger partial charge in [-0.15, -0.1) is 0 Å². The Kier molecular flexibility index (Phi) is 5.52. The third kappa shape index (κ3) is 4.69. The molecule has 0 amide bonds. The fourth-order valence-corrected chi connectivity index (χ4v) is 0.576. The van der Waals surface area contributed by atoms with Crippen molar-refractivity contribution in [2.45, 2.75) is 0 Å². The molecular formula is C7H8INS. The molecule has 0 bridgehead atoms. The highest BCUT2D eigenvalue weighted by atomic mass is 127. The van der Waals surface area contributed by atoms with Crippen molar-refractivity contribution in [2.24, 2.45) is 5.73 Å². The lowest BCUT2D eigenvalue weighted by Gasteiger charge is -1.89. The van der Waals surface area contributed by atoms with Crippen molar-refractivity contribution in [3.63, 3.8) is 0 Å². The van der Waals surface area contributed by atoms with Gasteiger partial charge < -0.3 is 5.73 Å². The van der Waals surface area contributed by atoms with Crippen LogP contribution >= 0.6 is 34.8 Å². The molecule has 0 aromatic heterocycles. The van der Waals surface area contributed by atoms with Gasteiger partial charge in [0, 0.05) is 3.58 Å². The van der Waals surface area contributed by atoms with Gasteiger partial charge in [-0.1, -0.05) is 37.0 Å². The summed E-state index contributed by atoms with van der Waals surface area (Å²) < 4.78 is 0.880. The molecule has 0 saturated heterocycles. The topological polar surface area (TPSA) is 26.0 Å². The molecule has 54 valence electrons. The van der Waals surface area contributed by atoms with E-state index in [0.29, 0.717) is 4.99 Å². The Bertz CT molecular complexity index is 194. The first-order valence-electron chi connectivity index (χ1n) is 2.63. The number of allylic oxidation sites excluding steroid dienone is 4. The molecule has 0 rings (SSSR count). The lowest BCUT2D eigenvalue weighted by Crippen LogP contribution is -2.06. The van der Waals surface area contributed by atoms with E-state index >= 15 is 0 Å². The minimum Gasteiger partial charge on any atom is -0.389 e. The summed E-state index contributed by atoms with van der Waals surface area (Å²) in [4.78, 5) is 0.425. The van der Waals surface area contributed by atoms with Crippen LogP contribution in [0.25, 0.3) is 0 Å². The van der Waals surface area contributed by atoms with Crippen LogP contribution in [-0.4, -0.2) is 4.99 Å². The van der Waals surface area contributed by atoms with Crippen molar-refractivity contribution >= 4 is 39.8 Å². The molecule has 0 spiro atoms. The van der Waals surface area contributed by atoms with Crippen LogP contribution in [0, 0.1) is 0 Å². The van der Waals surface area contributed by atoms with E-state index in [4.69, 9.17) is 18.0 Å². The maximum atomic E-state index is 5.31. The number of hydrogen-bond donors (Lipinski definition) is 1. The quantitative estimate of drug-likeness (QED) is 0.367. The molecule has 0 atom stereocenters. The minimum absolute atomic E-state index is 0.425. The molecule has 10 heavy (non-hydrogen) atoms. The van der Waals surface area contributed by atoms with Crippen molar-refractivity contribution in [1.29, 1.82) is 0 Å². The molecule has 0 aliphatic heterocycles. The molecule has 0 heterocycles. The zero-order chi connectivity index (χ0) is 7.98. The van der Waals surface area contributed by atoms with Crippen molar-refractivity contribution in [3.8, 4) is 0 Å². The van der Waals surface area contributed by atoms with Crippen LogP contribution < -0.4 is 5.73 Å². The zero-order valence-electron chi connectivity index (χ0n) is 5.38. The second-order valence-corrected chi connectivity index (χ2v) is 3.10. The summed E-state index contributed by atoms with van der Waals surface area (Å²) in [6, 6.07) is 0. The molecule has 0 fully saturated rings. The Morgan fingerprint density at radius 2 is 2.10 bits per heavy atom. The number of nitrogens with two attached hydrogens (primary N) is 1. The van der Waals surface area contributed by atoms with Gasteiger partial charge >= 0.3 is 0 Å². The molecule has 0 aliphatic rings. The Hall–Kier alpha value is -0.160. The van der Waals surface area contributed by atoms with E-state index in [1.165, 1.54) is 0 Å². The van der Waals surface area contributed by atoms with E-state index in [2.05, 4.69) is 29.2 Å². The van der Waals surface area contributed by atoms with Gasteiger partial charge in [0.15, 0.2) is 0 Å². The van der Waals surface area contributed by atoms with E-state index in [1.54, 1.807) is 6.08 Å². The monoisotopic (exact) mass is 265 g/mol. The standard InChI is InChI=1S/C7H8INS/c1-2-3-4-5-6(8)7(9)10/h2-5H,1H2,(H2,9,10)/b4-3-,6-5-. The number of halogens is 1. The average molecular weight is 265 g/mol. The van der Waals surface area contributed by atoms with Crippen molar-refractivity contribution in [1.82, 2.24) is 0 Å². The number of rotatable bonds is 3. The molecule has 1 nitrogen and oxygen atoms in total. The third-order valence-corrected chi connectivity index (χ3v) is 2.25. The van der Waals surface area contributed by atoms with Crippen LogP contribution in [0.3, 0.4) is 0 Å². The van der Waals surface area contributed by atoms with Gasteiger partial charge in [0.25, 0.3) is 0 Å². The minimum atomic E-state index is 0.425. The normalized spacial score (nSPS) is 11.9. The molecule has 0 saturated carbocycles. The molecule has 0 aromatic carbocycles. The molecule has 3 heteroatoms. The number of hydrogen-bond acceptors (Lipinski definition) is 1. The van der Waals surface area contributed by atoms with E-state index in [1.807, 2.05) is 18.2 Å². The summed E-state index contributed by atoms with van der Waals surface area (Å²) in [5, 5.41) is 0. The SMILES string of the molecule is C=C/C=C\C=C(/I)C(N)=S. The summed E-state index contributed by atoms with van der Waals surface area (Å²) in [5.74, 6) is 0. The first-order chi connectivity index (χ1) is 4.68. The van der Waals surface area contributed by atoms with E-state index in [-0.39, 0.29) is 0 Å². The highest BCUT2D eigenvalue weighted by Gasteiger charge is 1.89. The maximum absolute atomic E-state index is 5.31. The van der Waals surface area contributed by atoms with Crippen LogP contribution in [0.5, 0.6) is 0 Å². The predicted molar refractivity (Wildman–Crippen MR) is 58.2 cm³/mol. The fourth-order valence-electron chi connectivity index (χ4n) is 0.301. The lowest BCUT2D eigenvalue weighted by molar-refractivity contribution is 1.80. The molecule has 0 unspecified atom stereocenters. The van der Waals surface area contributed by atoms with Gasteiger partial charge in [-0.25, -0.2) is 0 Å². The Morgan fingerprint density at radius 1 is 1.50 bits per heavy atom. The zero-order valence-corrected chi connectivity index (χ0v) is 8.35. The summed E-state index contributed by atoms with van der Waals surface area (Å²) in [6.07, 6.45) is 7.19. The second kappa shape index (κ2) is 5.61. The fraction of sp³-hybridized carbons (Fsp3) is 0. The van der Waals surface area contributed by atoms with Gasteiger partial charge in [0.2, 0.25) is 0 Å². The maximum Gasteiger partial charge on any atom is 0.110 e. The van der Waals surface area contributed by atoms with Gasteiger partial charge in [0.1, 0.15) is 4.99 Å². The smallest absolute Gasteiger partial charge is 0.110 e. The van der Waals surface area contributed by atoms with Crippen LogP contribution in [0.15, 0.2) is 34.5 Å². The van der Waals surface area contributed by atoms with Gasteiger partial charge in [0.05, 0.1) is 0 Å². The predicted octanol–water partition coefficient (Wildman–Crippen LogP) is 2.33. The first-order valence-corrected chi connectivity index (χ1v) is 4.12. The number of thiocarbonyl (C=S) groups is 1. The Balaban J connectivity index is 4.04. The van der Waals surface area contributed by atoms with Gasteiger partial charge in [-0.05, 0) is 28.7 Å². The summed E-state index contributed by atoms with van der Waals surface area (Å²) in [6.45, 7) is 3.52. The van der Waals surface area contributed by atoms with E-state index in [9.17, 15) is 0 Å². The summed E-state index contributed by atoms with van der Waals surface area (Å²) >= 11 is 6.79. The Morgan fingerprint density at radius 3 is 2.50 bits per heavy atom.